The maximum atomic E-state index is 13.2. The van der Waals surface area contributed by atoms with Crippen LogP contribution in [0.2, 0.25) is 5.02 Å². The number of ether oxygens (including phenoxy) is 2. The molecule has 2 aliphatic carbocycles. The number of hydrogen-bond donors (Lipinski definition) is 3. The summed E-state index contributed by atoms with van der Waals surface area (Å²) in [6.07, 6.45) is 1.17. The SMILES string of the molecule is C=C1Nc2c(Cl)cc3cc(C(=O)NC4O[C@@H]5[C@H](O4)C5(F)F)oc3c2C2(CCCCC2)N1. The Bertz CT molecular complexity index is 1110. The van der Waals surface area contributed by atoms with Crippen LogP contribution in [0.1, 0.15) is 48.2 Å². The highest BCUT2D eigenvalue weighted by atomic mass is 35.5. The van der Waals surface area contributed by atoms with Crippen molar-refractivity contribution in [3.63, 3.8) is 0 Å². The normalized spacial score (nSPS) is 29.8. The first-order chi connectivity index (χ1) is 14.8. The highest BCUT2D eigenvalue weighted by Crippen LogP contribution is 2.52. The predicted molar refractivity (Wildman–Crippen MR) is 108 cm³/mol. The lowest BCUT2D eigenvalue weighted by Crippen LogP contribution is -2.48. The fraction of sp³-hybridized carbons (Fsp3) is 0.476. The Hall–Kier alpha value is -2.36. The number of carbonyl (C=O) groups excluding carboxylic acids is 1. The predicted octanol–water partition coefficient (Wildman–Crippen LogP) is 4.18. The van der Waals surface area contributed by atoms with E-state index >= 15 is 0 Å². The van der Waals surface area contributed by atoms with Crippen LogP contribution in [-0.2, 0) is 15.0 Å². The Morgan fingerprint density at radius 2 is 1.90 bits per heavy atom. The number of nitrogens with one attached hydrogen (secondary N) is 3. The van der Waals surface area contributed by atoms with Crippen LogP contribution in [0.25, 0.3) is 11.0 Å². The molecule has 3 fully saturated rings. The molecule has 1 unspecified atom stereocenters. The maximum absolute atomic E-state index is 13.2. The van der Waals surface area contributed by atoms with Crippen LogP contribution in [0.15, 0.2) is 28.9 Å². The summed E-state index contributed by atoms with van der Waals surface area (Å²) in [5.74, 6) is -2.91. The van der Waals surface area contributed by atoms with E-state index in [0.717, 1.165) is 43.4 Å². The van der Waals surface area contributed by atoms with Gasteiger partial charge >= 0.3 is 5.92 Å². The quantitative estimate of drug-likeness (QED) is 0.635. The van der Waals surface area contributed by atoms with Crippen LogP contribution < -0.4 is 16.0 Å². The van der Waals surface area contributed by atoms with E-state index in [2.05, 4.69) is 22.5 Å². The molecule has 2 aliphatic heterocycles. The number of alkyl halides is 2. The van der Waals surface area contributed by atoms with Crippen molar-refractivity contribution in [2.24, 2.45) is 0 Å². The van der Waals surface area contributed by atoms with Crippen molar-refractivity contribution < 1.29 is 27.5 Å². The summed E-state index contributed by atoms with van der Waals surface area (Å²) in [5, 5.41) is 10.3. The highest BCUT2D eigenvalue weighted by molar-refractivity contribution is 6.34. The minimum absolute atomic E-state index is 0.0226. The number of anilines is 1. The number of furan rings is 1. The Morgan fingerprint density at radius 3 is 2.61 bits per heavy atom. The Balaban J connectivity index is 1.35. The lowest BCUT2D eigenvalue weighted by molar-refractivity contribution is -0.164. The largest absolute Gasteiger partial charge is 0.450 e. The van der Waals surface area contributed by atoms with E-state index in [1.807, 2.05) is 0 Å². The molecule has 1 aromatic heterocycles. The summed E-state index contributed by atoms with van der Waals surface area (Å²) in [4.78, 5) is 12.7. The van der Waals surface area contributed by atoms with Gasteiger partial charge in [0.1, 0.15) is 5.58 Å². The molecule has 1 amide bonds. The first-order valence-corrected chi connectivity index (χ1v) is 10.7. The van der Waals surface area contributed by atoms with E-state index in [4.69, 9.17) is 25.5 Å². The molecule has 0 radical (unpaired) electrons. The average Bonchev–Trinajstić information content (AvgIpc) is 3.13. The lowest BCUT2D eigenvalue weighted by atomic mass is 9.74. The molecule has 10 heteroatoms. The number of amides is 1. The van der Waals surface area contributed by atoms with Crippen LogP contribution in [-0.4, -0.2) is 30.5 Å². The summed E-state index contributed by atoms with van der Waals surface area (Å²) < 4.78 is 42.5. The third-order valence-electron chi connectivity index (χ3n) is 6.55. The molecule has 2 saturated carbocycles. The molecule has 1 spiro atoms. The first kappa shape index (κ1) is 19.3. The Morgan fingerprint density at radius 1 is 1.19 bits per heavy atom. The maximum Gasteiger partial charge on any atom is 0.305 e. The number of benzene rings is 1. The van der Waals surface area contributed by atoms with Crippen molar-refractivity contribution in [2.45, 2.75) is 62.2 Å². The van der Waals surface area contributed by atoms with Crippen molar-refractivity contribution in [1.82, 2.24) is 10.6 Å². The zero-order valence-electron chi connectivity index (χ0n) is 16.4. The van der Waals surface area contributed by atoms with Gasteiger partial charge in [0, 0.05) is 10.9 Å². The van der Waals surface area contributed by atoms with Crippen molar-refractivity contribution in [3.8, 4) is 0 Å². The van der Waals surface area contributed by atoms with Gasteiger partial charge in [-0.1, -0.05) is 37.4 Å². The van der Waals surface area contributed by atoms with Crippen LogP contribution in [0.5, 0.6) is 0 Å². The first-order valence-electron chi connectivity index (χ1n) is 10.3. The van der Waals surface area contributed by atoms with Crippen molar-refractivity contribution >= 4 is 34.2 Å². The molecule has 164 valence electrons. The van der Waals surface area contributed by atoms with Gasteiger partial charge in [0.05, 0.1) is 22.1 Å². The molecule has 3 atom stereocenters. The third kappa shape index (κ3) is 2.79. The van der Waals surface area contributed by atoms with Crippen molar-refractivity contribution in [2.75, 3.05) is 5.32 Å². The second kappa shape index (κ2) is 6.34. The van der Waals surface area contributed by atoms with E-state index in [-0.39, 0.29) is 11.3 Å². The Labute approximate surface area is 181 Å². The van der Waals surface area contributed by atoms with Gasteiger partial charge in [0.15, 0.2) is 18.0 Å². The van der Waals surface area contributed by atoms with Crippen LogP contribution in [0.4, 0.5) is 14.5 Å². The summed E-state index contributed by atoms with van der Waals surface area (Å²) in [6, 6.07) is 3.32. The monoisotopic (exact) mass is 451 g/mol. The van der Waals surface area contributed by atoms with Gasteiger partial charge in [0.25, 0.3) is 5.91 Å². The molecule has 7 nitrogen and oxygen atoms in total. The molecule has 1 aromatic carbocycles. The van der Waals surface area contributed by atoms with Gasteiger partial charge in [-0.15, -0.1) is 0 Å². The van der Waals surface area contributed by atoms with Crippen molar-refractivity contribution in [1.29, 1.82) is 0 Å². The van der Waals surface area contributed by atoms with E-state index in [9.17, 15) is 13.6 Å². The number of carbonyl (C=O) groups is 1. The topological polar surface area (TPSA) is 84.8 Å². The van der Waals surface area contributed by atoms with Gasteiger partial charge in [-0.25, -0.2) is 8.78 Å². The Kier molecular flexibility index (Phi) is 3.95. The zero-order valence-corrected chi connectivity index (χ0v) is 17.2. The van der Waals surface area contributed by atoms with Gasteiger partial charge in [-0.3, -0.25) is 4.79 Å². The molecule has 4 aliphatic rings. The summed E-state index contributed by atoms with van der Waals surface area (Å²) in [6.45, 7) is 4.04. The number of rotatable bonds is 2. The average molecular weight is 452 g/mol. The van der Waals surface area contributed by atoms with Gasteiger partial charge in [-0.05, 0) is 25.0 Å². The van der Waals surface area contributed by atoms with Crippen LogP contribution >= 0.6 is 11.6 Å². The van der Waals surface area contributed by atoms with E-state index < -0.39 is 30.5 Å². The zero-order chi connectivity index (χ0) is 21.5. The molecule has 3 N–H and O–H groups in total. The van der Waals surface area contributed by atoms with E-state index in [1.165, 1.54) is 0 Å². The number of halogens is 3. The number of fused-ring (bicyclic) bond motifs is 5. The standard InChI is InChI=1S/C21H20ClF2N3O4/c1-9-25-14-11(22)7-10-8-12(18(28)26-19-30-16-17(31-19)21(16,23)24)29-15(10)13(14)20(27-9)5-3-2-4-6-20/h7-8,16-17,19,25,27H,1-6H2,(H,26,28)/t16-,17+,19?. The van der Waals surface area contributed by atoms with Crippen LogP contribution in [0, 0.1) is 0 Å². The van der Waals surface area contributed by atoms with E-state index in [1.54, 1.807) is 12.1 Å². The summed E-state index contributed by atoms with van der Waals surface area (Å²) >= 11 is 6.58. The van der Waals surface area contributed by atoms with Crippen molar-refractivity contribution in [3.05, 3.63) is 40.9 Å². The van der Waals surface area contributed by atoms with E-state index in [0.29, 0.717) is 21.8 Å². The fourth-order valence-electron chi connectivity index (χ4n) is 5.04. The molecule has 2 aromatic rings. The minimum atomic E-state index is -2.99. The second-order valence-corrected chi connectivity index (χ2v) is 9.01. The second-order valence-electron chi connectivity index (χ2n) is 8.60. The van der Waals surface area contributed by atoms with Gasteiger partial charge in [-0.2, -0.15) is 0 Å². The molecular formula is C21H20ClF2N3O4. The van der Waals surface area contributed by atoms with Gasteiger partial charge in [0.2, 0.25) is 6.41 Å². The molecule has 1 saturated heterocycles. The smallest absolute Gasteiger partial charge is 0.305 e. The lowest BCUT2D eigenvalue weighted by Gasteiger charge is -2.44. The molecule has 0 bridgehead atoms. The third-order valence-corrected chi connectivity index (χ3v) is 6.85. The molecule has 31 heavy (non-hydrogen) atoms. The fourth-order valence-corrected chi connectivity index (χ4v) is 5.30. The molecular weight excluding hydrogens is 432 g/mol. The molecule has 3 heterocycles. The number of hydrogen-bond acceptors (Lipinski definition) is 6. The minimum Gasteiger partial charge on any atom is -0.450 e. The van der Waals surface area contributed by atoms with Crippen LogP contribution in [0.3, 0.4) is 0 Å². The summed E-state index contributed by atoms with van der Waals surface area (Å²) in [5.41, 5.74) is 1.79. The van der Waals surface area contributed by atoms with Gasteiger partial charge < -0.3 is 29.8 Å². The summed E-state index contributed by atoms with van der Waals surface area (Å²) in [7, 11) is 0. The molecule has 6 rings (SSSR count). The highest BCUT2D eigenvalue weighted by Gasteiger charge is 2.76.